The van der Waals surface area contributed by atoms with E-state index in [0.717, 1.165) is 6.42 Å². The Labute approximate surface area is 105 Å². The first kappa shape index (κ1) is 15.8. The number of hydrogen-bond acceptors (Lipinski definition) is 1. The molecule has 16 heavy (non-hydrogen) atoms. The lowest BCUT2D eigenvalue weighted by molar-refractivity contribution is -0.124. The highest BCUT2D eigenvalue weighted by molar-refractivity contribution is 6.17. The molecule has 3 heteroatoms. The number of amides is 1. The Morgan fingerprint density at radius 1 is 1.25 bits per heavy atom. The van der Waals surface area contributed by atoms with E-state index in [2.05, 4.69) is 33.0 Å². The van der Waals surface area contributed by atoms with E-state index in [1.165, 1.54) is 0 Å². The molecule has 0 saturated carbocycles. The monoisotopic (exact) mass is 247 g/mol. The van der Waals surface area contributed by atoms with Gasteiger partial charge in [0.25, 0.3) is 0 Å². The minimum absolute atomic E-state index is 0.123. The third kappa shape index (κ3) is 6.37. The van der Waals surface area contributed by atoms with Crippen molar-refractivity contribution in [3.8, 4) is 0 Å². The molecule has 2 nitrogen and oxygen atoms in total. The molecule has 0 aliphatic heterocycles. The molecule has 0 spiro atoms. The van der Waals surface area contributed by atoms with E-state index < -0.39 is 0 Å². The molecule has 0 bridgehead atoms. The molecule has 0 saturated heterocycles. The fraction of sp³-hybridized carbons (Fsp3) is 0.923. The standard InChI is InChI=1S/C13H26ClNO/c1-10(12(2,3)4)9-11(16)15-13(5,6)7-8-14/h10H,7-9H2,1-6H3,(H,15,16). The van der Waals surface area contributed by atoms with Gasteiger partial charge in [-0.3, -0.25) is 4.79 Å². The van der Waals surface area contributed by atoms with Crippen LogP contribution in [0.2, 0.25) is 0 Å². The molecule has 0 rings (SSSR count). The number of alkyl halides is 1. The molecular formula is C13H26ClNO. The minimum Gasteiger partial charge on any atom is -0.351 e. The van der Waals surface area contributed by atoms with Crippen molar-refractivity contribution >= 4 is 17.5 Å². The van der Waals surface area contributed by atoms with Crippen molar-refractivity contribution in [3.05, 3.63) is 0 Å². The average molecular weight is 248 g/mol. The minimum atomic E-state index is -0.198. The van der Waals surface area contributed by atoms with Crippen molar-refractivity contribution < 1.29 is 4.79 Å². The number of hydrogen-bond donors (Lipinski definition) is 1. The van der Waals surface area contributed by atoms with Crippen LogP contribution >= 0.6 is 11.6 Å². The molecule has 0 heterocycles. The van der Waals surface area contributed by atoms with Crippen LogP contribution in [0.25, 0.3) is 0 Å². The summed E-state index contributed by atoms with van der Waals surface area (Å²) in [5.41, 5.74) is -0.0234. The first-order chi connectivity index (χ1) is 7.08. The molecule has 0 aliphatic rings. The second-order valence-corrected chi connectivity index (χ2v) is 6.72. The number of carbonyl (C=O) groups excluding carboxylic acids is 1. The Bertz CT molecular complexity index is 231. The maximum atomic E-state index is 11.8. The van der Waals surface area contributed by atoms with Gasteiger partial charge in [-0.2, -0.15) is 0 Å². The number of carbonyl (C=O) groups is 1. The summed E-state index contributed by atoms with van der Waals surface area (Å²) >= 11 is 5.70. The second-order valence-electron chi connectivity index (χ2n) is 6.34. The summed E-state index contributed by atoms with van der Waals surface area (Å²) in [5.74, 6) is 1.07. The van der Waals surface area contributed by atoms with Gasteiger partial charge in [-0.25, -0.2) is 0 Å². The largest absolute Gasteiger partial charge is 0.351 e. The summed E-state index contributed by atoms with van der Waals surface area (Å²) in [7, 11) is 0. The van der Waals surface area contributed by atoms with Crippen LogP contribution in [0, 0.1) is 11.3 Å². The Morgan fingerprint density at radius 3 is 2.12 bits per heavy atom. The van der Waals surface area contributed by atoms with Crippen LogP contribution in [0.1, 0.15) is 54.4 Å². The molecule has 0 aromatic carbocycles. The van der Waals surface area contributed by atoms with Gasteiger partial charge in [-0.15, -0.1) is 11.6 Å². The molecule has 0 fully saturated rings. The van der Waals surface area contributed by atoms with Gasteiger partial charge in [-0.05, 0) is 31.6 Å². The highest BCUT2D eigenvalue weighted by atomic mass is 35.5. The fourth-order valence-corrected chi connectivity index (χ4v) is 1.78. The van der Waals surface area contributed by atoms with E-state index in [-0.39, 0.29) is 16.9 Å². The fourth-order valence-electron chi connectivity index (χ4n) is 1.31. The Morgan fingerprint density at radius 2 is 1.75 bits per heavy atom. The van der Waals surface area contributed by atoms with Crippen molar-refractivity contribution in [1.82, 2.24) is 5.32 Å². The Kier molecular flexibility index (Phi) is 5.81. The average Bonchev–Trinajstić information content (AvgIpc) is 1.99. The number of halogens is 1. The second kappa shape index (κ2) is 5.90. The lowest BCUT2D eigenvalue weighted by atomic mass is 9.80. The third-order valence-corrected chi connectivity index (χ3v) is 3.36. The normalized spacial score (nSPS) is 14.7. The van der Waals surface area contributed by atoms with Gasteiger partial charge in [-0.1, -0.05) is 27.7 Å². The van der Waals surface area contributed by atoms with Gasteiger partial charge in [0.1, 0.15) is 0 Å². The van der Waals surface area contributed by atoms with Crippen molar-refractivity contribution in [2.45, 2.75) is 59.9 Å². The summed E-state index contributed by atoms with van der Waals surface area (Å²) in [6, 6.07) is 0. The van der Waals surface area contributed by atoms with E-state index >= 15 is 0 Å². The maximum Gasteiger partial charge on any atom is 0.220 e. The zero-order chi connectivity index (χ0) is 13.0. The van der Waals surface area contributed by atoms with Crippen molar-refractivity contribution in [1.29, 1.82) is 0 Å². The summed E-state index contributed by atoms with van der Waals surface area (Å²) in [6.07, 6.45) is 1.37. The predicted octanol–water partition coefficient (Wildman–Crippen LogP) is 3.58. The van der Waals surface area contributed by atoms with Gasteiger partial charge in [0, 0.05) is 17.8 Å². The van der Waals surface area contributed by atoms with E-state index in [0.29, 0.717) is 18.2 Å². The number of rotatable bonds is 5. The summed E-state index contributed by atoms with van der Waals surface area (Å²) in [6.45, 7) is 12.6. The molecule has 1 amide bonds. The van der Waals surface area contributed by atoms with Gasteiger partial charge in [0.15, 0.2) is 0 Å². The molecule has 1 atom stereocenters. The van der Waals surface area contributed by atoms with Gasteiger partial charge in [0.2, 0.25) is 5.91 Å². The molecule has 1 N–H and O–H groups in total. The predicted molar refractivity (Wildman–Crippen MR) is 70.8 cm³/mol. The lowest BCUT2D eigenvalue weighted by Gasteiger charge is -2.30. The van der Waals surface area contributed by atoms with E-state index in [4.69, 9.17) is 11.6 Å². The van der Waals surface area contributed by atoms with Gasteiger partial charge < -0.3 is 5.32 Å². The lowest BCUT2D eigenvalue weighted by Crippen LogP contribution is -2.44. The van der Waals surface area contributed by atoms with Crippen molar-refractivity contribution in [3.63, 3.8) is 0 Å². The van der Waals surface area contributed by atoms with Crippen LogP contribution < -0.4 is 5.32 Å². The van der Waals surface area contributed by atoms with Crippen LogP contribution in [0.4, 0.5) is 0 Å². The maximum absolute atomic E-state index is 11.8. The van der Waals surface area contributed by atoms with Crippen molar-refractivity contribution in [2.24, 2.45) is 11.3 Å². The zero-order valence-electron chi connectivity index (χ0n) is 11.5. The summed E-state index contributed by atoms with van der Waals surface area (Å²) < 4.78 is 0. The van der Waals surface area contributed by atoms with Crippen LogP contribution in [0.5, 0.6) is 0 Å². The molecule has 1 unspecified atom stereocenters. The smallest absolute Gasteiger partial charge is 0.220 e. The zero-order valence-corrected chi connectivity index (χ0v) is 12.2. The van der Waals surface area contributed by atoms with Crippen LogP contribution in [-0.4, -0.2) is 17.3 Å². The van der Waals surface area contributed by atoms with E-state index in [9.17, 15) is 4.79 Å². The number of nitrogens with one attached hydrogen (secondary N) is 1. The molecule has 0 radical (unpaired) electrons. The quantitative estimate of drug-likeness (QED) is 0.740. The van der Waals surface area contributed by atoms with E-state index in [1.807, 2.05) is 13.8 Å². The topological polar surface area (TPSA) is 29.1 Å². The first-order valence-corrected chi connectivity index (χ1v) is 6.49. The highest BCUT2D eigenvalue weighted by Crippen LogP contribution is 2.28. The first-order valence-electron chi connectivity index (χ1n) is 5.95. The summed E-state index contributed by atoms with van der Waals surface area (Å²) in [4.78, 5) is 11.8. The summed E-state index contributed by atoms with van der Waals surface area (Å²) in [5, 5.41) is 3.04. The Hall–Kier alpha value is -0.240. The van der Waals surface area contributed by atoms with Crippen LogP contribution in [-0.2, 0) is 4.79 Å². The molecular weight excluding hydrogens is 222 g/mol. The van der Waals surface area contributed by atoms with Gasteiger partial charge >= 0.3 is 0 Å². The highest BCUT2D eigenvalue weighted by Gasteiger charge is 2.25. The van der Waals surface area contributed by atoms with Crippen LogP contribution in [0.3, 0.4) is 0 Å². The molecule has 0 aromatic rings. The SMILES string of the molecule is CC(CC(=O)NC(C)(C)CCCl)C(C)(C)C. The third-order valence-electron chi connectivity index (χ3n) is 3.17. The molecule has 96 valence electrons. The van der Waals surface area contributed by atoms with E-state index in [1.54, 1.807) is 0 Å². The van der Waals surface area contributed by atoms with Gasteiger partial charge in [0.05, 0.1) is 0 Å². The molecule has 0 aromatic heterocycles. The van der Waals surface area contributed by atoms with Crippen LogP contribution in [0.15, 0.2) is 0 Å². The Balaban J connectivity index is 4.19. The van der Waals surface area contributed by atoms with Crippen molar-refractivity contribution in [2.75, 3.05) is 5.88 Å². The molecule has 0 aliphatic carbocycles.